The van der Waals surface area contributed by atoms with Gasteiger partial charge in [0, 0.05) is 17.1 Å². The topological polar surface area (TPSA) is 102 Å². The Labute approximate surface area is 142 Å². The number of fused-ring (bicyclic) bond motifs is 1. The number of H-pyrrole nitrogens is 1. The van der Waals surface area contributed by atoms with Crippen molar-refractivity contribution in [3.05, 3.63) is 34.3 Å². The second-order valence-electron chi connectivity index (χ2n) is 5.82. The van der Waals surface area contributed by atoms with Crippen molar-refractivity contribution in [2.75, 3.05) is 5.32 Å². The minimum Gasteiger partial charge on any atom is -0.477 e. The number of thiazole rings is 1. The molecule has 6 nitrogen and oxygen atoms in total. The summed E-state index contributed by atoms with van der Waals surface area (Å²) < 4.78 is 0. The Kier molecular flexibility index (Phi) is 3.99. The molecule has 0 spiro atoms. The number of carbonyl (C=O) groups is 1. The van der Waals surface area contributed by atoms with Crippen LogP contribution in [0.15, 0.2) is 18.2 Å². The number of hydrogen-bond acceptors (Lipinski definition) is 5. The Morgan fingerprint density at radius 1 is 1.42 bits per heavy atom. The van der Waals surface area contributed by atoms with Crippen LogP contribution in [0.25, 0.3) is 21.6 Å². The normalized spacial score (nSPS) is 11.0. The first kappa shape index (κ1) is 16.0. The van der Waals surface area contributed by atoms with Crippen molar-refractivity contribution < 1.29 is 9.90 Å². The molecule has 3 aromatic rings. The van der Waals surface area contributed by atoms with Gasteiger partial charge in [0.2, 0.25) is 0 Å². The number of nitriles is 1. The van der Waals surface area contributed by atoms with Crippen LogP contribution in [-0.4, -0.2) is 27.1 Å². The number of carboxylic acids is 1. The highest BCUT2D eigenvalue weighted by molar-refractivity contribution is 7.17. The Hall–Kier alpha value is -2.85. The molecule has 0 saturated heterocycles. The maximum Gasteiger partial charge on any atom is 0.347 e. The van der Waals surface area contributed by atoms with Crippen LogP contribution in [0.3, 0.4) is 0 Å². The third-order valence-corrected chi connectivity index (χ3v) is 4.70. The number of aryl methyl sites for hydroxylation is 1. The summed E-state index contributed by atoms with van der Waals surface area (Å²) in [4.78, 5) is 19.0. The van der Waals surface area contributed by atoms with Gasteiger partial charge in [0.05, 0.1) is 22.5 Å². The van der Waals surface area contributed by atoms with Gasteiger partial charge in [-0.1, -0.05) is 0 Å². The van der Waals surface area contributed by atoms with E-state index in [2.05, 4.69) is 21.4 Å². The molecule has 0 atom stereocenters. The van der Waals surface area contributed by atoms with E-state index in [-0.39, 0.29) is 10.9 Å². The number of hydrogen-bond donors (Lipinski definition) is 3. The minimum atomic E-state index is -0.978. The molecule has 7 heteroatoms. The molecule has 0 radical (unpaired) electrons. The lowest BCUT2D eigenvalue weighted by molar-refractivity contribution is 0.0701. The molecule has 0 amide bonds. The van der Waals surface area contributed by atoms with E-state index in [0.717, 1.165) is 27.9 Å². The summed E-state index contributed by atoms with van der Waals surface area (Å²) in [6.07, 6.45) is 0. The van der Waals surface area contributed by atoms with Gasteiger partial charge >= 0.3 is 5.97 Å². The first-order chi connectivity index (χ1) is 11.4. The third-order valence-electron chi connectivity index (χ3n) is 3.53. The average molecular weight is 340 g/mol. The Morgan fingerprint density at radius 2 is 2.17 bits per heavy atom. The maximum absolute atomic E-state index is 11.2. The number of aromatic nitrogens is 2. The zero-order valence-electron chi connectivity index (χ0n) is 13.5. The fourth-order valence-electron chi connectivity index (χ4n) is 2.57. The SMILES string of the molecule is Cc1nc(-c2cc3cc(NC(C)C)cc(C#N)c3[nH]2)sc1C(=O)O. The van der Waals surface area contributed by atoms with Crippen molar-refractivity contribution >= 4 is 33.9 Å². The van der Waals surface area contributed by atoms with Gasteiger partial charge in [0.1, 0.15) is 16.0 Å². The molecular weight excluding hydrogens is 324 g/mol. The van der Waals surface area contributed by atoms with Gasteiger partial charge in [-0.25, -0.2) is 9.78 Å². The molecule has 0 fully saturated rings. The molecule has 2 aromatic heterocycles. The van der Waals surface area contributed by atoms with Crippen LogP contribution in [0.1, 0.15) is 34.8 Å². The van der Waals surface area contributed by atoms with E-state index < -0.39 is 5.97 Å². The van der Waals surface area contributed by atoms with Crippen molar-refractivity contribution in [3.63, 3.8) is 0 Å². The van der Waals surface area contributed by atoms with Crippen molar-refractivity contribution in [1.82, 2.24) is 9.97 Å². The number of aromatic amines is 1. The molecule has 3 rings (SSSR count). The zero-order chi connectivity index (χ0) is 17.4. The van der Waals surface area contributed by atoms with Gasteiger partial charge in [0.15, 0.2) is 0 Å². The van der Waals surface area contributed by atoms with Crippen LogP contribution < -0.4 is 5.32 Å². The van der Waals surface area contributed by atoms with Crippen LogP contribution in [0.5, 0.6) is 0 Å². The van der Waals surface area contributed by atoms with E-state index in [9.17, 15) is 15.2 Å². The molecule has 0 unspecified atom stereocenters. The highest BCUT2D eigenvalue weighted by Crippen LogP contribution is 2.32. The number of aromatic carboxylic acids is 1. The standard InChI is InChI=1S/C17H16N4O2S/c1-8(2)19-12-4-10-6-13(21-14(10)11(5-12)7-18)16-20-9(3)15(24-16)17(22)23/h4-6,8,19,21H,1-3H3,(H,22,23). The fraction of sp³-hybridized carbons (Fsp3) is 0.235. The Bertz CT molecular complexity index is 979. The first-order valence-corrected chi connectivity index (χ1v) is 8.25. The molecule has 0 aliphatic rings. The predicted molar refractivity (Wildman–Crippen MR) is 94.6 cm³/mol. The summed E-state index contributed by atoms with van der Waals surface area (Å²) in [6.45, 7) is 5.74. The van der Waals surface area contributed by atoms with Crippen LogP contribution in [-0.2, 0) is 0 Å². The van der Waals surface area contributed by atoms with E-state index in [1.165, 1.54) is 0 Å². The van der Waals surface area contributed by atoms with Gasteiger partial charge in [-0.3, -0.25) is 0 Å². The maximum atomic E-state index is 11.2. The summed E-state index contributed by atoms with van der Waals surface area (Å²) in [6, 6.07) is 8.12. The predicted octanol–water partition coefficient (Wildman–Crippen LogP) is 3.99. The summed E-state index contributed by atoms with van der Waals surface area (Å²) in [5.41, 5.74) is 3.34. The number of nitrogens with one attached hydrogen (secondary N) is 2. The van der Waals surface area contributed by atoms with E-state index in [1.54, 1.807) is 13.0 Å². The van der Waals surface area contributed by atoms with Crippen LogP contribution in [0.2, 0.25) is 0 Å². The molecule has 1 aromatic carbocycles. The van der Waals surface area contributed by atoms with Gasteiger partial charge in [-0.05, 0) is 39.0 Å². The number of carboxylic acid groups (broad SMARTS) is 1. The lowest BCUT2D eigenvalue weighted by Crippen LogP contribution is -2.09. The van der Waals surface area contributed by atoms with E-state index in [4.69, 9.17) is 0 Å². The fourth-order valence-corrected chi connectivity index (χ4v) is 3.45. The molecule has 122 valence electrons. The van der Waals surface area contributed by atoms with Crippen LogP contribution in [0.4, 0.5) is 5.69 Å². The molecular formula is C17H16N4O2S. The molecule has 2 heterocycles. The number of benzene rings is 1. The molecule has 0 aliphatic heterocycles. The number of anilines is 1. The van der Waals surface area contributed by atoms with Gasteiger partial charge in [-0.15, -0.1) is 11.3 Å². The Morgan fingerprint density at radius 3 is 2.75 bits per heavy atom. The van der Waals surface area contributed by atoms with Crippen molar-refractivity contribution in [1.29, 1.82) is 5.26 Å². The summed E-state index contributed by atoms with van der Waals surface area (Å²) in [5.74, 6) is -0.978. The molecule has 0 saturated carbocycles. The zero-order valence-corrected chi connectivity index (χ0v) is 14.3. The quantitative estimate of drug-likeness (QED) is 0.666. The van der Waals surface area contributed by atoms with Crippen molar-refractivity contribution in [2.24, 2.45) is 0 Å². The van der Waals surface area contributed by atoms with Crippen molar-refractivity contribution in [3.8, 4) is 16.8 Å². The van der Waals surface area contributed by atoms with Crippen LogP contribution >= 0.6 is 11.3 Å². The third kappa shape index (κ3) is 2.84. The van der Waals surface area contributed by atoms with Gasteiger partial charge < -0.3 is 15.4 Å². The smallest absolute Gasteiger partial charge is 0.347 e. The highest BCUT2D eigenvalue weighted by Gasteiger charge is 2.17. The van der Waals surface area contributed by atoms with Crippen molar-refractivity contribution in [2.45, 2.75) is 26.8 Å². The molecule has 0 bridgehead atoms. The van der Waals surface area contributed by atoms with Gasteiger partial charge in [-0.2, -0.15) is 5.26 Å². The average Bonchev–Trinajstić information content (AvgIpc) is 3.08. The lowest BCUT2D eigenvalue weighted by atomic mass is 10.1. The van der Waals surface area contributed by atoms with Gasteiger partial charge in [0.25, 0.3) is 0 Å². The summed E-state index contributed by atoms with van der Waals surface area (Å²) in [5, 5.41) is 23.4. The highest BCUT2D eigenvalue weighted by atomic mass is 32.1. The second kappa shape index (κ2) is 5.98. The summed E-state index contributed by atoms with van der Waals surface area (Å²) in [7, 11) is 0. The van der Waals surface area contributed by atoms with Crippen LogP contribution in [0, 0.1) is 18.3 Å². The monoisotopic (exact) mass is 340 g/mol. The lowest BCUT2D eigenvalue weighted by Gasteiger charge is -2.10. The Balaban J connectivity index is 2.13. The van der Waals surface area contributed by atoms with E-state index in [0.29, 0.717) is 22.0 Å². The molecule has 24 heavy (non-hydrogen) atoms. The largest absolute Gasteiger partial charge is 0.477 e. The first-order valence-electron chi connectivity index (χ1n) is 7.43. The van der Waals surface area contributed by atoms with E-state index in [1.807, 2.05) is 26.0 Å². The second-order valence-corrected chi connectivity index (χ2v) is 6.82. The number of rotatable bonds is 4. The summed E-state index contributed by atoms with van der Waals surface area (Å²) >= 11 is 1.12. The molecule has 0 aliphatic carbocycles. The molecule has 3 N–H and O–H groups in total. The number of nitrogens with zero attached hydrogens (tertiary/aromatic N) is 2. The minimum absolute atomic E-state index is 0.228. The van der Waals surface area contributed by atoms with E-state index >= 15 is 0 Å².